The second-order valence-corrected chi connectivity index (χ2v) is 4.53. The summed E-state index contributed by atoms with van der Waals surface area (Å²) >= 11 is 0. The van der Waals surface area contributed by atoms with Gasteiger partial charge < -0.3 is 10.2 Å². The van der Waals surface area contributed by atoms with Gasteiger partial charge >= 0.3 is 11.9 Å². The number of hydrogen-bond acceptors (Lipinski definition) is 2. The van der Waals surface area contributed by atoms with Crippen molar-refractivity contribution in [2.24, 2.45) is 5.92 Å². The van der Waals surface area contributed by atoms with E-state index in [1.807, 2.05) is 6.08 Å². The molecule has 4 heteroatoms. The summed E-state index contributed by atoms with van der Waals surface area (Å²) in [7, 11) is 0. The van der Waals surface area contributed by atoms with Crippen molar-refractivity contribution >= 4 is 11.9 Å². The van der Waals surface area contributed by atoms with Gasteiger partial charge in [0.05, 0.1) is 12.3 Å². The van der Waals surface area contributed by atoms with E-state index in [1.165, 1.54) is 12.8 Å². The highest BCUT2D eigenvalue weighted by molar-refractivity contribution is 5.77. The molecule has 0 radical (unpaired) electrons. The molecule has 0 fully saturated rings. The van der Waals surface area contributed by atoms with E-state index in [9.17, 15) is 9.59 Å². The molecular formula is C15H24O4. The summed E-state index contributed by atoms with van der Waals surface area (Å²) in [5.41, 5.74) is 0. The zero-order valence-corrected chi connectivity index (χ0v) is 11.5. The first-order valence-corrected chi connectivity index (χ1v) is 6.82. The molecule has 19 heavy (non-hydrogen) atoms. The Morgan fingerprint density at radius 3 is 2.11 bits per heavy atom. The minimum atomic E-state index is -1.07. The first kappa shape index (κ1) is 17.4. The fourth-order valence-corrected chi connectivity index (χ4v) is 1.61. The Labute approximate surface area is 114 Å². The lowest BCUT2D eigenvalue weighted by Gasteiger charge is -2.05. The first-order valence-electron chi connectivity index (χ1n) is 6.82. The van der Waals surface area contributed by atoms with Crippen LogP contribution in [0, 0.1) is 5.92 Å². The molecule has 0 bridgehead atoms. The Bertz CT molecular complexity index is 318. The number of carboxylic acids is 2. The van der Waals surface area contributed by atoms with Gasteiger partial charge in [-0.3, -0.25) is 9.59 Å². The molecule has 1 unspecified atom stereocenters. The molecule has 0 aliphatic carbocycles. The highest BCUT2D eigenvalue weighted by atomic mass is 16.4. The van der Waals surface area contributed by atoms with Crippen molar-refractivity contribution in [2.45, 2.75) is 51.9 Å². The van der Waals surface area contributed by atoms with E-state index in [0.29, 0.717) is 0 Å². The second kappa shape index (κ2) is 11.5. The van der Waals surface area contributed by atoms with Crippen molar-refractivity contribution in [3.05, 3.63) is 24.3 Å². The van der Waals surface area contributed by atoms with Gasteiger partial charge in [-0.1, -0.05) is 44.1 Å². The lowest BCUT2D eigenvalue weighted by atomic mass is 10.0. The maximum atomic E-state index is 10.8. The van der Waals surface area contributed by atoms with Crippen LogP contribution in [0.4, 0.5) is 0 Å². The van der Waals surface area contributed by atoms with Crippen LogP contribution in [-0.2, 0) is 9.59 Å². The molecule has 4 nitrogen and oxygen atoms in total. The van der Waals surface area contributed by atoms with Gasteiger partial charge in [-0.2, -0.15) is 0 Å². The third-order valence-corrected chi connectivity index (χ3v) is 2.75. The van der Waals surface area contributed by atoms with E-state index in [-0.39, 0.29) is 12.8 Å². The molecule has 0 heterocycles. The number of aliphatic carboxylic acids is 2. The zero-order chi connectivity index (χ0) is 14.5. The first-order chi connectivity index (χ1) is 9.07. The Morgan fingerprint density at radius 1 is 1.00 bits per heavy atom. The van der Waals surface area contributed by atoms with Crippen LogP contribution in [0.3, 0.4) is 0 Å². The smallest absolute Gasteiger partial charge is 0.307 e. The van der Waals surface area contributed by atoms with Gasteiger partial charge in [-0.25, -0.2) is 0 Å². The van der Waals surface area contributed by atoms with Crippen molar-refractivity contribution in [1.29, 1.82) is 0 Å². The standard InChI is InChI=1S/C15H24O4/c1-2-3-4-5-6-7-8-9-10-11-13(15(18)19)12-14(16)17/h5-6,9-10,13H,2-4,7-8,11-12H2,1H3,(H,16,17)(H,18,19)/b6-5+,10-9+. The normalized spacial score (nSPS) is 13.1. The molecule has 0 saturated carbocycles. The SMILES string of the molecule is CCCC/C=C/CC/C=C/CC(CC(=O)O)C(=O)O. The molecule has 0 saturated heterocycles. The van der Waals surface area contributed by atoms with E-state index in [0.717, 1.165) is 19.3 Å². The summed E-state index contributed by atoms with van der Waals surface area (Å²) < 4.78 is 0. The predicted octanol–water partition coefficient (Wildman–Crippen LogP) is 3.63. The average Bonchev–Trinajstić information content (AvgIpc) is 2.34. The number of carbonyl (C=O) groups is 2. The van der Waals surface area contributed by atoms with Crippen LogP contribution in [0.2, 0.25) is 0 Å². The fourth-order valence-electron chi connectivity index (χ4n) is 1.61. The summed E-state index contributed by atoms with van der Waals surface area (Å²) in [5, 5.41) is 17.4. The van der Waals surface area contributed by atoms with Crippen LogP contribution in [0.15, 0.2) is 24.3 Å². The van der Waals surface area contributed by atoms with Crippen LogP contribution in [0.25, 0.3) is 0 Å². The highest BCUT2D eigenvalue weighted by Crippen LogP contribution is 2.10. The number of hydrogen-bond donors (Lipinski definition) is 2. The van der Waals surface area contributed by atoms with Gasteiger partial charge in [0.15, 0.2) is 0 Å². The maximum Gasteiger partial charge on any atom is 0.307 e. The number of allylic oxidation sites excluding steroid dienone is 4. The van der Waals surface area contributed by atoms with Crippen molar-refractivity contribution in [3.63, 3.8) is 0 Å². The van der Waals surface area contributed by atoms with Gasteiger partial charge in [0.25, 0.3) is 0 Å². The topological polar surface area (TPSA) is 74.6 Å². The molecule has 108 valence electrons. The highest BCUT2D eigenvalue weighted by Gasteiger charge is 2.18. The third kappa shape index (κ3) is 11.3. The number of carboxylic acid groups (broad SMARTS) is 2. The summed E-state index contributed by atoms with van der Waals surface area (Å²) in [4.78, 5) is 21.3. The van der Waals surface area contributed by atoms with Gasteiger partial charge in [-0.15, -0.1) is 0 Å². The van der Waals surface area contributed by atoms with Crippen molar-refractivity contribution in [2.75, 3.05) is 0 Å². The van der Waals surface area contributed by atoms with Crippen molar-refractivity contribution in [1.82, 2.24) is 0 Å². The molecule has 2 N–H and O–H groups in total. The minimum absolute atomic E-state index is 0.279. The minimum Gasteiger partial charge on any atom is -0.481 e. The molecule has 0 amide bonds. The summed E-state index contributed by atoms with van der Waals surface area (Å²) in [6.45, 7) is 2.16. The summed E-state index contributed by atoms with van der Waals surface area (Å²) in [6.07, 6.45) is 13.3. The van der Waals surface area contributed by atoms with Crippen molar-refractivity contribution < 1.29 is 19.8 Å². The number of rotatable bonds is 11. The Morgan fingerprint density at radius 2 is 1.58 bits per heavy atom. The average molecular weight is 268 g/mol. The van der Waals surface area contributed by atoms with Crippen LogP contribution in [0.1, 0.15) is 51.9 Å². The van der Waals surface area contributed by atoms with E-state index in [2.05, 4.69) is 19.1 Å². The quantitative estimate of drug-likeness (QED) is 0.443. The maximum absolute atomic E-state index is 10.8. The van der Waals surface area contributed by atoms with Crippen LogP contribution < -0.4 is 0 Å². The summed E-state index contributed by atoms with van der Waals surface area (Å²) in [6, 6.07) is 0. The van der Waals surface area contributed by atoms with Gasteiger partial charge in [0.1, 0.15) is 0 Å². The molecule has 1 atom stereocenters. The molecule has 0 rings (SSSR count). The molecule has 0 aliphatic rings. The zero-order valence-electron chi connectivity index (χ0n) is 11.5. The molecule has 0 aliphatic heterocycles. The number of unbranched alkanes of at least 4 members (excludes halogenated alkanes) is 3. The largest absolute Gasteiger partial charge is 0.481 e. The van der Waals surface area contributed by atoms with Gasteiger partial charge in [0.2, 0.25) is 0 Å². The molecular weight excluding hydrogens is 244 g/mol. The van der Waals surface area contributed by atoms with E-state index >= 15 is 0 Å². The Kier molecular flexibility index (Phi) is 10.6. The van der Waals surface area contributed by atoms with E-state index < -0.39 is 17.9 Å². The van der Waals surface area contributed by atoms with Crippen LogP contribution in [-0.4, -0.2) is 22.2 Å². The van der Waals surface area contributed by atoms with Gasteiger partial charge in [-0.05, 0) is 25.7 Å². The Hall–Kier alpha value is -1.58. The molecule has 0 aromatic carbocycles. The lowest BCUT2D eigenvalue weighted by Crippen LogP contribution is -2.16. The lowest BCUT2D eigenvalue weighted by molar-refractivity contribution is -0.148. The van der Waals surface area contributed by atoms with Crippen LogP contribution in [0.5, 0.6) is 0 Å². The second-order valence-electron chi connectivity index (χ2n) is 4.53. The van der Waals surface area contributed by atoms with Gasteiger partial charge in [0, 0.05) is 0 Å². The molecule has 0 spiro atoms. The Balaban J connectivity index is 3.78. The molecule has 0 aromatic rings. The molecule has 0 aromatic heterocycles. The van der Waals surface area contributed by atoms with Crippen LogP contribution >= 0.6 is 0 Å². The third-order valence-electron chi connectivity index (χ3n) is 2.75. The van der Waals surface area contributed by atoms with E-state index in [4.69, 9.17) is 10.2 Å². The summed E-state index contributed by atoms with van der Waals surface area (Å²) in [5.74, 6) is -2.94. The fraction of sp³-hybridized carbons (Fsp3) is 0.600. The monoisotopic (exact) mass is 268 g/mol. The predicted molar refractivity (Wildman–Crippen MR) is 75.0 cm³/mol. The van der Waals surface area contributed by atoms with Crippen molar-refractivity contribution in [3.8, 4) is 0 Å². The van der Waals surface area contributed by atoms with E-state index in [1.54, 1.807) is 6.08 Å².